The van der Waals surface area contributed by atoms with Gasteiger partial charge in [-0.15, -0.1) is 0 Å². The quantitative estimate of drug-likeness (QED) is 0.187. The molecule has 0 bridgehead atoms. The summed E-state index contributed by atoms with van der Waals surface area (Å²) in [4.78, 5) is 15.1. The van der Waals surface area contributed by atoms with E-state index in [1.54, 1.807) is 0 Å². The van der Waals surface area contributed by atoms with Gasteiger partial charge in [-0.05, 0) is 72.5 Å². The number of allylic oxidation sites excluding steroid dienone is 1. The monoisotopic (exact) mass is 642 g/mol. The van der Waals surface area contributed by atoms with Gasteiger partial charge in [0.2, 0.25) is 0 Å². The first-order valence-electron chi connectivity index (χ1n) is 17.0. The molecule has 0 N–H and O–H groups in total. The largest absolute Gasteiger partial charge is 0.456 e. The number of hydrogen-bond donors (Lipinski definition) is 0. The summed E-state index contributed by atoms with van der Waals surface area (Å²) in [7, 11) is 0. The van der Waals surface area contributed by atoms with Crippen molar-refractivity contribution in [1.82, 2.24) is 19.5 Å². The Morgan fingerprint density at radius 1 is 0.500 bits per heavy atom. The van der Waals surface area contributed by atoms with Gasteiger partial charge in [0.1, 0.15) is 11.2 Å². The Labute approximate surface area is 288 Å². The van der Waals surface area contributed by atoms with Crippen LogP contribution in [0.5, 0.6) is 0 Å². The minimum absolute atomic E-state index is 0.620. The number of para-hydroxylation sites is 2. The van der Waals surface area contributed by atoms with E-state index in [1.807, 2.05) is 72.8 Å². The zero-order chi connectivity index (χ0) is 33.0. The molecular formula is C45H30N4O. The van der Waals surface area contributed by atoms with Crippen LogP contribution in [0.1, 0.15) is 17.7 Å². The number of furan rings is 1. The number of benzene rings is 6. The van der Waals surface area contributed by atoms with E-state index in [-0.39, 0.29) is 0 Å². The summed E-state index contributed by atoms with van der Waals surface area (Å²) >= 11 is 0. The number of nitrogens with zero attached hydrogens (tertiary/aromatic N) is 4. The Morgan fingerprint density at radius 2 is 1.12 bits per heavy atom. The van der Waals surface area contributed by atoms with Crippen molar-refractivity contribution in [2.24, 2.45) is 0 Å². The predicted molar refractivity (Wildman–Crippen MR) is 203 cm³/mol. The molecule has 236 valence electrons. The van der Waals surface area contributed by atoms with Gasteiger partial charge in [0.15, 0.2) is 17.5 Å². The topological polar surface area (TPSA) is 56.7 Å². The van der Waals surface area contributed by atoms with E-state index < -0.39 is 0 Å². The summed E-state index contributed by atoms with van der Waals surface area (Å²) in [6.45, 7) is 0. The van der Waals surface area contributed by atoms with Crippen molar-refractivity contribution < 1.29 is 4.42 Å². The van der Waals surface area contributed by atoms with Gasteiger partial charge in [0.25, 0.3) is 0 Å². The third-order valence-corrected chi connectivity index (χ3v) is 9.74. The molecule has 3 heterocycles. The number of aryl methyl sites for hydroxylation is 1. The Hall–Kier alpha value is -6.59. The molecular weight excluding hydrogens is 613 g/mol. The fraction of sp³-hybridized carbons (Fsp3) is 0.0444. The Bertz CT molecular complexity index is 2700. The third-order valence-electron chi connectivity index (χ3n) is 9.74. The van der Waals surface area contributed by atoms with Gasteiger partial charge in [0.05, 0.1) is 11.2 Å². The number of hydrogen-bond acceptors (Lipinski definition) is 4. The second-order valence-electron chi connectivity index (χ2n) is 12.7. The van der Waals surface area contributed by atoms with E-state index in [1.165, 1.54) is 22.2 Å². The number of rotatable bonds is 5. The molecule has 0 atom stereocenters. The minimum atomic E-state index is 0.620. The van der Waals surface area contributed by atoms with Crippen LogP contribution in [0.25, 0.3) is 89.9 Å². The Balaban J connectivity index is 1.23. The Morgan fingerprint density at radius 3 is 1.88 bits per heavy atom. The van der Waals surface area contributed by atoms with Crippen LogP contribution in [-0.4, -0.2) is 19.5 Å². The van der Waals surface area contributed by atoms with Gasteiger partial charge in [0, 0.05) is 44.1 Å². The molecule has 0 unspecified atom stereocenters. The van der Waals surface area contributed by atoms with E-state index in [9.17, 15) is 0 Å². The van der Waals surface area contributed by atoms with Gasteiger partial charge in [-0.25, -0.2) is 15.0 Å². The van der Waals surface area contributed by atoms with Gasteiger partial charge < -0.3 is 8.98 Å². The van der Waals surface area contributed by atoms with Crippen LogP contribution in [0, 0.1) is 0 Å². The smallest absolute Gasteiger partial charge is 0.164 e. The first kappa shape index (κ1) is 28.4. The van der Waals surface area contributed by atoms with E-state index in [2.05, 4.69) is 89.5 Å². The molecule has 1 aliphatic carbocycles. The number of aromatic nitrogens is 4. The maximum atomic E-state index is 6.40. The minimum Gasteiger partial charge on any atom is -0.456 e. The van der Waals surface area contributed by atoms with Gasteiger partial charge >= 0.3 is 0 Å². The zero-order valence-corrected chi connectivity index (χ0v) is 27.1. The highest BCUT2D eigenvalue weighted by atomic mass is 16.3. The van der Waals surface area contributed by atoms with Crippen LogP contribution < -0.4 is 0 Å². The van der Waals surface area contributed by atoms with E-state index >= 15 is 0 Å². The van der Waals surface area contributed by atoms with Crippen LogP contribution in [0.3, 0.4) is 0 Å². The molecule has 0 amide bonds. The second-order valence-corrected chi connectivity index (χ2v) is 12.7. The lowest BCUT2D eigenvalue weighted by atomic mass is 9.98. The average Bonchev–Trinajstić information content (AvgIpc) is 3.73. The summed E-state index contributed by atoms with van der Waals surface area (Å²) in [5.74, 6) is 1.90. The Kier molecular flexibility index (Phi) is 6.56. The molecule has 6 aromatic carbocycles. The van der Waals surface area contributed by atoms with Gasteiger partial charge in [-0.3, -0.25) is 0 Å². The number of fused-ring (bicyclic) bond motifs is 6. The van der Waals surface area contributed by atoms with Crippen molar-refractivity contribution in [1.29, 1.82) is 0 Å². The van der Waals surface area contributed by atoms with Crippen molar-refractivity contribution in [2.75, 3.05) is 0 Å². The lowest BCUT2D eigenvalue weighted by Crippen LogP contribution is -2.04. The van der Waals surface area contributed by atoms with Crippen molar-refractivity contribution in [3.63, 3.8) is 0 Å². The molecule has 0 aliphatic heterocycles. The SMILES string of the molecule is C1=Cc2c(c3ccccc3n2-c2ccc(-c3nc(-c4ccccc4)nc(-c4ccccc4)n3)cc2-c2ccc3c(c2)oc2ccccc23)CC1. The van der Waals surface area contributed by atoms with Crippen LogP contribution in [-0.2, 0) is 6.42 Å². The molecule has 3 aromatic heterocycles. The molecule has 0 spiro atoms. The van der Waals surface area contributed by atoms with Gasteiger partial charge in [-0.1, -0.05) is 109 Å². The molecule has 5 heteroatoms. The van der Waals surface area contributed by atoms with E-state index in [4.69, 9.17) is 19.4 Å². The fourth-order valence-corrected chi connectivity index (χ4v) is 7.38. The molecule has 0 fully saturated rings. The maximum Gasteiger partial charge on any atom is 0.164 e. The lowest BCUT2D eigenvalue weighted by molar-refractivity contribution is 0.669. The fourth-order valence-electron chi connectivity index (χ4n) is 7.38. The highest BCUT2D eigenvalue weighted by Gasteiger charge is 2.22. The van der Waals surface area contributed by atoms with Crippen LogP contribution in [0.2, 0.25) is 0 Å². The molecule has 0 radical (unpaired) electrons. The molecule has 1 aliphatic rings. The van der Waals surface area contributed by atoms with E-state index in [0.29, 0.717) is 17.5 Å². The summed E-state index contributed by atoms with van der Waals surface area (Å²) in [5.41, 5.74) is 11.6. The molecule has 9 aromatic rings. The molecule has 50 heavy (non-hydrogen) atoms. The van der Waals surface area contributed by atoms with Crippen molar-refractivity contribution in [3.05, 3.63) is 163 Å². The molecule has 0 saturated carbocycles. The van der Waals surface area contributed by atoms with Crippen LogP contribution in [0.15, 0.2) is 156 Å². The van der Waals surface area contributed by atoms with Crippen molar-refractivity contribution >= 4 is 38.9 Å². The van der Waals surface area contributed by atoms with Crippen molar-refractivity contribution in [2.45, 2.75) is 12.8 Å². The third kappa shape index (κ3) is 4.66. The standard InChI is InChI=1S/C45H30N4O/c1-3-13-29(14-4-1)43-46-44(30-15-5-2-6-16-30)48-45(47-43)32-24-26-40(49-38-20-10-7-17-33(38)34-18-8-11-21-39(34)49)37(27-32)31-23-25-36-35-19-9-12-22-41(35)50-42(36)28-31/h1-7,9-17,19-28H,8,18H2. The summed E-state index contributed by atoms with van der Waals surface area (Å²) in [5, 5.41) is 3.52. The van der Waals surface area contributed by atoms with E-state index in [0.717, 1.165) is 68.3 Å². The average molecular weight is 643 g/mol. The summed E-state index contributed by atoms with van der Waals surface area (Å²) in [6.07, 6.45) is 6.63. The summed E-state index contributed by atoms with van der Waals surface area (Å²) < 4.78 is 8.82. The first-order valence-corrected chi connectivity index (χ1v) is 17.0. The summed E-state index contributed by atoms with van der Waals surface area (Å²) in [6, 6.07) is 50.3. The normalized spacial score (nSPS) is 12.6. The molecule has 0 saturated heterocycles. The lowest BCUT2D eigenvalue weighted by Gasteiger charge is -2.18. The van der Waals surface area contributed by atoms with Crippen LogP contribution in [0.4, 0.5) is 0 Å². The maximum absolute atomic E-state index is 6.40. The second kappa shape index (κ2) is 11.5. The van der Waals surface area contributed by atoms with Crippen molar-refractivity contribution in [3.8, 4) is 51.0 Å². The highest BCUT2D eigenvalue weighted by molar-refractivity contribution is 6.06. The predicted octanol–water partition coefficient (Wildman–Crippen LogP) is 11.3. The highest BCUT2D eigenvalue weighted by Crippen LogP contribution is 2.40. The molecule has 5 nitrogen and oxygen atoms in total. The molecule has 10 rings (SSSR count). The zero-order valence-electron chi connectivity index (χ0n) is 27.1. The van der Waals surface area contributed by atoms with Crippen LogP contribution >= 0.6 is 0 Å². The first-order chi connectivity index (χ1) is 24.8. The van der Waals surface area contributed by atoms with Gasteiger partial charge in [-0.2, -0.15) is 0 Å².